The number of nitrogens with zero attached hydrogens (tertiary/aromatic N) is 1. The number of rotatable bonds is 5. The molecule has 0 saturated carbocycles. The molecule has 1 amide bonds. The summed E-state index contributed by atoms with van der Waals surface area (Å²) in [5.41, 5.74) is 0.955. The van der Waals surface area contributed by atoms with Crippen LogP contribution < -0.4 is 0 Å². The summed E-state index contributed by atoms with van der Waals surface area (Å²) >= 11 is 3.27. The van der Waals surface area contributed by atoms with Crippen LogP contribution in [0.2, 0.25) is 0 Å². The van der Waals surface area contributed by atoms with E-state index in [1.165, 1.54) is 12.1 Å². The normalized spacial score (nSPS) is 12.2. The number of carbonyl (C=O) groups is 1. The maximum Gasteiger partial charge on any atom is 0.223 e. The number of carbonyl (C=O) groups excluding carboxylic acids is 1. The molecule has 0 aromatic heterocycles. The minimum Gasteiger partial charge on any atom is -0.336 e. The van der Waals surface area contributed by atoms with Crippen molar-refractivity contribution >= 4 is 21.8 Å². The third kappa shape index (κ3) is 3.80. The highest BCUT2D eigenvalue weighted by atomic mass is 79.9. The van der Waals surface area contributed by atoms with Crippen molar-refractivity contribution in [3.8, 4) is 0 Å². The van der Waals surface area contributed by atoms with E-state index < -0.39 is 0 Å². The number of hydrogen-bond acceptors (Lipinski definition) is 1. The first-order chi connectivity index (χ1) is 8.10. The van der Waals surface area contributed by atoms with Gasteiger partial charge in [0.2, 0.25) is 5.91 Å². The third-order valence-corrected chi connectivity index (χ3v) is 3.19. The fraction of sp³-hybridized carbons (Fsp3) is 0.462. The summed E-state index contributed by atoms with van der Waals surface area (Å²) in [6.07, 6.45) is 0.485. The number of amides is 1. The molecule has 0 heterocycles. The van der Waals surface area contributed by atoms with E-state index >= 15 is 0 Å². The van der Waals surface area contributed by atoms with Crippen molar-refractivity contribution in [1.82, 2.24) is 4.90 Å². The zero-order valence-corrected chi connectivity index (χ0v) is 11.7. The molecular formula is C13H17BrFNO. The molecule has 4 heteroatoms. The average molecular weight is 302 g/mol. The fourth-order valence-corrected chi connectivity index (χ4v) is 2.15. The zero-order valence-electron chi connectivity index (χ0n) is 10.1. The second-order valence-corrected chi connectivity index (χ2v) is 4.64. The van der Waals surface area contributed by atoms with Crippen molar-refractivity contribution in [1.29, 1.82) is 0 Å². The van der Waals surface area contributed by atoms with Crippen LogP contribution in [-0.4, -0.2) is 22.7 Å². The molecule has 0 aliphatic rings. The first kappa shape index (κ1) is 14.2. The van der Waals surface area contributed by atoms with Gasteiger partial charge in [-0.05, 0) is 31.5 Å². The summed E-state index contributed by atoms with van der Waals surface area (Å²) in [5, 5.41) is 0.665. The van der Waals surface area contributed by atoms with Crippen LogP contribution in [-0.2, 0) is 4.79 Å². The van der Waals surface area contributed by atoms with E-state index in [1.807, 2.05) is 13.8 Å². The lowest BCUT2D eigenvalue weighted by Crippen LogP contribution is -2.33. The van der Waals surface area contributed by atoms with Gasteiger partial charge in [0.05, 0.1) is 6.04 Å². The number of alkyl halides is 1. The Kier molecular flexibility index (Phi) is 5.62. The fourth-order valence-electron chi connectivity index (χ4n) is 1.81. The van der Waals surface area contributed by atoms with E-state index in [0.29, 0.717) is 18.3 Å². The summed E-state index contributed by atoms with van der Waals surface area (Å²) in [6, 6.07) is 6.28. The molecular weight excluding hydrogens is 285 g/mol. The van der Waals surface area contributed by atoms with Crippen molar-refractivity contribution < 1.29 is 9.18 Å². The van der Waals surface area contributed by atoms with Crippen molar-refractivity contribution in [2.45, 2.75) is 26.3 Å². The van der Waals surface area contributed by atoms with E-state index in [2.05, 4.69) is 15.9 Å². The lowest BCUT2D eigenvalue weighted by Gasteiger charge is -2.28. The van der Waals surface area contributed by atoms with Crippen LogP contribution in [0, 0.1) is 5.82 Å². The van der Waals surface area contributed by atoms with Gasteiger partial charge in [-0.2, -0.15) is 0 Å². The molecule has 0 fully saturated rings. The Morgan fingerprint density at radius 2 is 2.00 bits per heavy atom. The molecule has 0 N–H and O–H groups in total. The van der Waals surface area contributed by atoms with E-state index in [9.17, 15) is 9.18 Å². The molecule has 0 saturated heterocycles. The van der Waals surface area contributed by atoms with Crippen LogP contribution in [0.25, 0.3) is 0 Å². The predicted octanol–water partition coefficient (Wildman–Crippen LogP) is 3.52. The highest BCUT2D eigenvalue weighted by Crippen LogP contribution is 2.21. The van der Waals surface area contributed by atoms with Crippen LogP contribution >= 0.6 is 15.9 Å². The van der Waals surface area contributed by atoms with Crippen molar-refractivity contribution in [3.63, 3.8) is 0 Å². The molecule has 1 aromatic rings. The Bertz CT molecular complexity index is 366. The maximum atomic E-state index is 12.8. The van der Waals surface area contributed by atoms with Gasteiger partial charge in [-0.25, -0.2) is 4.39 Å². The third-order valence-electron chi connectivity index (χ3n) is 2.79. The standard InChI is InChI=1S/C13H17BrFNO/c1-3-16(13(17)8-9-14)10(2)11-4-6-12(15)7-5-11/h4-7,10H,3,8-9H2,1-2H3. The first-order valence-corrected chi connectivity index (χ1v) is 6.83. The average Bonchev–Trinajstić information content (AvgIpc) is 2.31. The van der Waals surface area contributed by atoms with Crippen LogP contribution in [0.5, 0.6) is 0 Å². The number of halogens is 2. The molecule has 17 heavy (non-hydrogen) atoms. The second-order valence-electron chi connectivity index (χ2n) is 3.85. The van der Waals surface area contributed by atoms with Crippen LogP contribution in [0.15, 0.2) is 24.3 Å². The minimum absolute atomic E-state index is 0.0212. The van der Waals surface area contributed by atoms with Gasteiger partial charge in [0, 0.05) is 18.3 Å². The predicted molar refractivity (Wildman–Crippen MR) is 70.6 cm³/mol. The SMILES string of the molecule is CCN(C(=O)CCBr)C(C)c1ccc(F)cc1. The quantitative estimate of drug-likeness (QED) is 0.762. The largest absolute Gasteiger partial charge is 0.336 e. The number of benzene rings is 1. The highest BCUT2D eigenvalue weighted by molar-refractivity contribution is 9.09. The van der Waals surface area contributed by atoms with Crippen LogP contribution in [0.4, 0.5) is 4.39 Å². The summed E-state index contributed by atoms with van der Waals surface area (Å²) in [5.74, 6) is -0.142. The van der Waals surface area contributed by atoms with Gasteiger partial charge in [-0.15, -0.1) is 0 Å². The molecule has 0 radical (unpaired) electrons. The second kappa shape index (κ2) is 6.74. The molecule has 0 spiro atoms. The van der Waals surface area contributed by atoms with Crippen molar-refractivity contribution in [2.24, 2.45) is 0 Å². The molecule has 1 unspecified atom stereocenters. The Balaban J connectivity index is 2.81. The molecule has 2 nitrogen and oxygen atoms in total. The molecule has 1 aromatic carbocycles. The highest BCUT2D eigenvalue weighted by Gasteiger charge is 2.18. The summed E-state index contributed by atoms with van der Waals surface area (Å²) < 4.78 is 12.8. The van der Waals surface area contributed by atoms with Gasteiger partial charge >= 0.3 is 0 Å². The lowest BCUT2D eigenvalue weighted by molar-refractivity contribution is -0.132. The monoisotopic (exact) mass is 301 g/mol. The summed E-state index contributed by atoms with van der Waals surface area (Å²) in [6.45, 7) is 4.57. The van der Waals surface area contributed by atoms with E-state index in [-0.39, 0.29) is 17.8 Å². The lowest BCUT2D eigenvalue weighted by atomic mass is 10.1. The molecule has 1 atom stereocenters. The van der Waals surface area contributed by atoms with Gasteiger partial charge in [0.1, 0.15) is 5.82 Å². The molecule has 0 bridgehead atoms. The number of hydrogen-bond donors (Lipinski definition) is 0. The molecule has 0 aliphatic heterocycles. The smallest absolute Gasteiger partial charge is 0.223 e. The summed E-state index contributed by atoms with van der Waals surface area (Å²) in [7, 11) is 0. The zero-order chi connectivity index (χ0) is 12.8. The molecule has 94 valence electrons. The topological polar surface area (TPSA) is 20.3 Å². The molecule has 0 aliphatic carbocycles. The Hall–Kier alpha value is -0.900. The minimum atomic E-state index is -0.254. The van der Waals surface area contributed by atoms with Gasteiger partial charge in [0.15, 0.2) is 0 Å². The molecule has 1 rings (SSSR count). The van der Waals surface area contributed by atoms with Crippen molar-refractivity contribution in [2.75, 3.05) is 11.9 Å². The summed E-state index contributed by atoms with van der Waals surface area (Å²) in [4.78, 5) is 13.7. The van der Waals surface area contributed by atoms with Crippen LogP contribution in [0.1, 0.15) is 31.9 Å². The van der Waals surface area contributed by atoms with Crippen molar-refractivity contribution in [3.05, 3.63) is 35.6 Å². The van der Waals surface area contributed by atoms with Gasteiger partial charge in [0.25, 0.3) is 0 Å². The van der Waals surface area contributed by atoms with Gasteiger partial charge < -0.3 is 4.90 Å². The Morgan fingerprint density at radius 1 is 1.41 bits per heavy atom. The first-order valence-electron chi connectivity index (χ1n) is 5.71. The van der Waals surface area contributed by atoms with Gasteiger partial charge in [-0.3, -0.25) is 4.79 Å². The van der Waals surface area contributed by atoms with Crippen LogP contribution in [0.3, 0.4) is 0 Å². The maximum absolute atomic E-state index is 12.8. The Labute approximate surface area is 110 Å². The van der Waals surface area contributed by atoms with Gasteiger partial charge in [-0.1, -0.05) is 28.1 Å². The van der Waals surface area contributed by atoms with E-state index in [4.69, 9.17) is 0 Å². The Morgan fingerprint density at radius 3 is 2.47 bits per heavy atom. The van der Waals surface area contributed by atoms with E-state index in [1.54, 1.807) is 17.0 Å². The van der Waals surface area contributed by atoms with E-state index in [0.717, 1.165) is 5.56 Å².